The molecule has 0 saturated carbocycles. The molecule has 0 aliphatic heterocycles. The van der Waals surface area contributed by atoms with Crippen molar-refractivity contribution in [1.82, 2.24) is 4.98 Å². The molecule has 1 unspecified atom stereocenters. The fraction of sp³-hybridized carbons (Fsp3) is 0.250. The Kier molecular flexibility index (Phi) is 2.50. The van der Waals surface area contributed by atoms with Crippen molar-refractivity contribution in [3.8, 4) is 6.07 Å². The topological polar surface area (TPSA) is 36.7 Å². The lowest BCUT2D eigenvalue weighted by molar-refractivity contribution is 1.01. The molecule has 0 aliphatic rings. The van der Waals surface area contributed by atoms with E-state index in [1.54, 1.807) is 18.3 Å². The summed E-state index contributed by atoms with van der Waals surface area (Å²) in [5.41, 5.74) is 1.48. The van der Waals surface area contributed by atoms with Gasteiger partial charge in [0.25, 0.3) is 0 Å². The first-order valence-corrected chi connectivity index (χ1v) is 3.80. The first-order valence-electron chi connectivity index (χ1n) is 3.28. The Bertz CT molecular complexity index is 288. The lowest BCUT2D eigenvalue weighted by Gasteiger charge is -2.01. The molecular formula is C8H8N2S. The van der Waals surface area contributed by atoms with Crippen molar-refractivity contribution in [2.75, 3.05) is 0 Å². The Morgan fingerprint density at radius 3 is 3.00 bits per heavy atom. The Morgan fingerprint density at radius 2 is 2.45 bits per heavy atom. The van der Waals surface area contributed by atoms with Gasteiger partial charge in [-0.25, -0.2) is 0 Å². The van der Waals surface area contributed by atoms with Gasteiger partial charge >= 0.3 is 0 Å². The molecule has 0 radical (unpaired) electrons. The van der Waals surface area contributed by atoms with Crippen LogP contribution < -0.4 is 0 Å². The predicted octanol–water partition coefficient (Wildman–Crippen LogP) is 1.94. The van der Waals surface area contributed by atoms with Crippen LogP contribution in [0.25, 0.3) is 0 Å². The third-order valence-electron chi connectivity index (χ3n) is 1.34. The van der Waals surface area contributed by atoms with Gasteiger partial charge in [0.15, 0.2) is 0 Å². The lowest BCUT2D eigenvalue weighted by Crippen LogP contribution is -1.89. The number of hydrogen-bond donors (Lipinski definition) is 1. The average Bonchev–Trinajstić information content (AvgIpc) is 2.05. The molecule has 2 nitrogen and oxygen atoms in total. The maximum absolute atomic E-state index is 8.54. The van der Waals surface area contributed by atoms with E-state index in [2.05, 4.69) is 17.6 Å². The molecule has 1 aromatic heterocycles. The van der Waals surface area contributed by atoms with Crippen LogP contribution in [-0.2, 0) is 0 Å². The molecule has 1 heterocycles. The molecule has 56 valence electrons. The Hall–Kier alpha value is -1.01. The maximum Gasteiger partial charge on any atom is 0.0992 e. The summed E-state index contributed by atoms with van der Waals surface area (Å²) in [6, 6.07) is 5.48. The highest BCUT2D eigenvalue weighted by Gasteiger charge is 2.00. The molecule has 0 amide bonds. The van der Waals surface area contributed by atoms with Crippen LogP contribution in [0.1, 0.15) is 23.4 Å². The van der Waals surface area contributed by atoms with Gasteiger partial charge in [-0.3, -0.25) is 4.98 Å². The van der Waals surface area contributed by atoms with Gasteiger partial charge in [-0.1, -0.05) is 0 Å². The van der Waals surface area contributed by atoms with Crippen molar-refractivity contribution in [3.05, 3.63) is 29.6 Å². The SMILES string of the molecule is CC(S)c1cc(C#N)ccn1. The second-order valence-electron chi connectivity index (χ2n) is 2.26. The number of hydrogen-bond acceptors (Lipinski definition) is 3. The zero-order valence-electron chi connectivity index (χ0n) is 6.15. The summed E-state index contributed by atoms with van der Waals surface area (Å²) < 4.78 is 0. The van der Waals surface area contributed by atoms with Crippen LogP contribution in [0.5, 0.6) is 0 Å². The van der Waals surface area contributed by atoms with Crippen molar-refractivity contribution in [2.45, 2.75) is 12.2 Å². The Balaban J connectivity index is 3.03. The molecule has 0 aromatic carbocycles. The van der Waals surface area contributed by atoms with Gasteiger partial charge < -0.3 is 0 Å². The van der Waals surface area contributed by atoms with Gasteiger partial charge in [-0.2, -0.15) is 17.9 Å². The quantitative estimate of drug-likeness (QED) is 0.644. The summed E-state index contributed by atoms with van der Waals surface area (Å²) in [5.74, 6) is 0. The van der Waals surface area contributed by atoms with Crippen LogP contribution in [0.4, 0.5) is 0 Å². The van der Waals surface area contributed by atoms with E-state index in [0.717, 1.165) is 5.69 Å². The minimum Gasteiger partial charge on any atom is -0.260 e. The van der Waals surface area contributed by atoms with Crippen LogP contribution in [0, 0.1) is 11.3 Å². The second-order valence-corrected chi connectivity index (χ2v) is 3.03. The molecule has 0 saturated heterocycles. The fourth-order valence-corrected chi connectivity index (χ4v) is 0.888. The predicted molar refractivity (Wildman–Crippen MR) is 46.4 cm³/mol. The van der Waals surface area contributed by atoms with Gasteiger partial charge in [0.05, 0.1) is 17.3 Å². The van der Waals surface area contributed by atoms with E-state index in [4.69, 9.17) is 5.26 Å². The average molecular weight is 164 g/mol. The Labute approximate surface area is 71.3 Å². The van der Waals surface area contributed by atoms with Crippen LogP contribution in [-0.4, -0.2) is 4.98 Å². The molecule has 1 atom stereocenters. The van der Waals surface area contributed by atoms with Gasteiger partial charge in [0, 0.05) is 11.4 Å². The standard InChI is InChI=1S/C8H8N2S/c1-6(11)8-4-7(5-9)2-3-10-8/h2-4,6,11H,1H3. The minimum atomic E-state index is 0.0864. The van der Waals surface area contributed by atoms with Gasteiger partial charge in [-0.05, 0) is 19.1 Å². The van der Waals surface area contributed by atoms with E-state index < -0.39 is 0 Å². The number of aromatic nitrogens is 1. The van der Waals surface area contributed by atoms with Gasteiger partial charge in [-0.15, -0.1) is 0 Å². The summed E-state index contributed by atoms with van der Waals surface area (Å²) in [6.45, 7) is 1.92. The maximum atomic E-state index is 8.54. The molecule has 1 aromatic rings. The summed E-state index contributed by atoms with van der Waals surface area (Å²) in [4.78, 5) is 4.06. The second kappa shape index (κ2) is 3.40. The number of nitriles is 1. The number of pyridine rings is 1. The van der Waals surface area contributed by atoms with Crippen molar-refractivity contribution >= 4 is 12.6 Å². The number of nitrogens with zero attached hydrogens (tertiary/aromatic N) is 2. The monoisotopic (exact) mass is 164 g/mol. The van der Waals surface area contributed by atoms with E-state index >= 15 is 0 Å². The molecule has 0 fully saturated rings. The van der Waals surface area contributed by atoms with E-state index in [0.29, 0.717) is 5.56 Å². The van der Waals surface area contributed by atoms with E-state index in [1.807, 2.05) is 13.0 Å². The third kappa shape index (κ3) is 1.95. The van der Waals surface area contributed by atoms with E-state index in [-0.39, 0.29) is 5.25 Å². The van der Waals surface area contributed by atoms with Crippen LogP contribution >= 0.6 is 12.6 Å². The van der Waals surface area contributed by atoms with Crippen molar-refractivity contribution in [3.63, 3.8) is 0 Å². The highest BCUT2D eigenvalue weighted by atomic mass is 32.1. The normalized spacial score (nSPS) is 12.1. The molecule has 0 spiro atoms. The summed E-state index contributed by atoms with van der Waals surface area (Å²) in [7, 11) is 0. The minimum absolute atomic E-state index is 0.0864. The molecule has 0 bridgehead atoms. The van der Waals surface area contributed by atoms with Crippen molar-refractivity contribution < 1.29 is 0 Å². The highest BCUT2D eigenvalue weighted by molar-refractivity contribution is 7.80. The largest absolute Gasteiger partial charge is 0.260 e. The summed E-state index contributed by atoms with van der Waals surface area (Å²) in [6.07, 6.45) is 1.63. The summed E-state index contributed by atoms with van der Waals surface area (Å²) in [5, 5.41) is 8.63. The first-order chi connectivity index (χ1) is 5.24. The molecule has 1 rings (SSSR count). The zero-order valence-corrected chi connectivity index (χ0v) is 7.05. The molecule has 3 heteroatoms. The summed E-state index contributed by atoms with van der Waals surface area (Å²) >= 11 is 4.20. The molecule has 11 heavy (non-hydrogen) atoms. The fourth-order valence-electron chi connectivity index (χ4n) is 0.746. The Morgan fingerprint density at radius 1 is 1.73 bits per heavy atom. The lowest BCUT2D eigenvalue weighted by atomic mass is 10.2. The van der Waals surface area contributed by atoms with Crippen LogP contribution in [0.2, 0.25) is 0 Å². The van der Waals surface area contributed by atoms with Crippen LogP contribution in [0.15, 0.2) is 18.3 Å². The smallest absolute Gasteiger partial charge is 0.0992 e. The molecular weight excluding hydrogens is 156 g/mol. The highest BCUT2D eigenvalue weighted by Crippen LogP contribution is 2.16. The van der Waals surface area contributed by atoms with Crippen molar-refractivity contribution in [2.24, 2.45) is 0 Å². The first kappa shape index (κ1) is 8.09. The van der Waals surface area contributed by atoms with Crippen molar-refractivity contribution in [1.29, 1.82) is 5.26 Å². The van der Waals surface area contributed by atoms with Crippen LogP contribution in [0.3, 0.4) is 0 Å². The molecule has 0 aliphatic carbocycles. The third-order valence-corrected chi connectivity index (χ3v) is 1.60. The number of thiol groups is 1. The van der Waals surface area contributed by atoms with E-state index in [1.165, 1.54) is 0 Å². The number of rotatable bonds is 1. The van der Waals surface area contributed by atoms with Gasteiger partial charge in [0.1, 0.15) is 0 Å². The van der Waals surface area contributed by atoms with Gasteiger partial charge in [0.2, 0.25) is 0 Å². The molecule has 0 N–H and O–H groups in total. The van der Waals surface area contributed by atoms with E-state index in [9.17, 15) is 0 Å². The zero-order chi connectivity index (χ0) is 8.27.